The van der Waals surface area contributed by atoms with Crippen LogP contribution in [-0.2, 0) is 35.8 Å². The van der Waals surface area contributed by atoms with E-state index >= 15 is 9.59 Å². The van der Waals surface area contributed by atoms with Crippen LogP contribution in [0.2, 0.25) is 10.0 Å². The number of morpholine rings is 1. The van der Waals surface area contributed by atoms with Crippen LogP contribution in [-0.4, -0.2) is 67.2 Å². The average molecular weight is 848 g/mol. The van der Waals surface area contributed by atoms with Crippen LogP contribution in [0.4, 0.5) is 17.1 Å². The van der Waals surface area contributed by atoms with E-state index in [-0.39, 0.29) is 41.8 Å². The maximum Gasteiger partial charge on any atom is 0.260 e. The minimum absolute atomic E-state index is 0.0538. The third-order valence-corrected chi connectivity index (χ3v) is 13.8. The normalized spacial score (nSPS) is 27.1. The Morgan fingerprint density at radius 1 is 0.850 bits per heavy atom. The van der Waals surface area contributed by atoms with Crippen LogP contribution in [0.3, 0.4) is 0 Å². The van der Waals surface area contributed by atoms with E-state index < -0.39 is 46.8 Å². The molecule has 4 aromatic rings. The summed E-state index contributed by atoms with van der Waals surface area (Å²) in [6.45, 7) is 2.75. The number of anilines is 3. The summed E-state index contributed by atoms with van der Waals surface area (Å²) in [6, 6.07) is 24.2. The highest BCUT2D eigenvalue weighted by atomic mass is 35.5. The number of carbonyl (C=O) groups is 4. The first-order valence-electron chi connectivity index (χ1n) is 20.0. The smallest absolute Gasteiger partial charge is 0.260 e. The molecule has 0 spiro atoms. The average Bonchev–Trinajstić information content (AvgIpc) is 3.65. The lowest BCUT2D eigenvalue weighted by Crippen LogP contribution is -2.55. The molecule has 2 N–H and O–H groups in total. The maximum atomic E-state index is 15.6. The number of ether oxygens (including phenoxy) is 3. The Kier molecular flexibility index (Phi) is 9.42. The number of carbonyl (C=O) groups excluding carboxylic acids is 4. The largest absolute Gasteiger partial charge is 0.508 e. The molecule has 10 rings (SSSR count). The monoisotopic (exact) mass is 846 g/mol. The van der Waals surface area contributed by atoms with E-state index in [9.17, 15) is 14.7 Å². The number of amides is 4. The zero-order valence-electron chi connectivity index (χ0n) is 32.5. The van der Waals surface area contributed by atoms with Gasteiger partial charge in [0.2, 0.25) is 11.8 Å². The van der Waals surface area contributed by atoms with Gasteiger partial charge in [0.25, 0.3) is 11.8 Å². The number of allylic oxidation sites excluding steroid dienone is 3. The Morgan fingerprint density at radius 3 is 2.33 bits per heavy atom. The number of fused-ring (bicyclic) bond motifs is 5. The number of nitrogens with one attached hydrogen (secondary N) is 1. The third-order valence-electron chi connectivity index (χ3n) is 13.2. The van der Waals surface area contributed by atoms with Crippen molar-refractivity contribution in [2.24, 2.45) is 29.6 Å². The van der Waals surface area contributed by atoms with E-state index in [1.807, 2.05) is 42.5 Å². The van der Waals surface area contributed by atoms with Gasteiger partial charge in [0.15, 0.2) is 0 Å². The molecule has 3 saturated heterocycles. The summed E-state index contributed by atoms with van der Waals surface area (Å²) in [5.41, 5.74) is 6.00. The predicted molar refractivity (Wildman–Crippen MR) is 224 cm³/mol. The van der Waals surface area contributed by atoms with Crippen LogP contribution < -0.4 is 24.7 Å². The van der Waals surface area contributed by atoms with Crippen molar-refractivity contribution in [1.29, 1.82) is 0 Å². The molecule has 0 bridgehead atoms. The van der Waals surface area contributed by atoms with Gasteiger partial charge in [0.05, 0.1) is 66.2 Å². The van der Waals surface area contributed by atoms with Gasteiger partial charge in [0, 0.05) is 41.7 Å². The van der Waals surface area contributed by atoms with E-state index in [0.717, 1.165) is 29.4 Å². The van der Waals surface area contributed by atoms with Gasteiger partial charge >= 0.3 is 0 Å². The number of halogens is 2. The standard InChI is InChI=1S/C46H40Cl2N4O8/c1-58-32-10-2-27(3-11-32)46-36(43(55)52(45(46)57)49-38-14-4-28(47)22-37(38)48)23-35-33(41(46)26-20-25-21-31(53)9-15-39(25)60-24-26)12-13-34-40(35)44(56)51(42(34)54)30-7-5-29(6-8-30)50-16-18-59-19-17-50/h2-12,14-15,21-22,24,34-36,40-41,49,53H,13,16-20,23H2,1H3. The van der Waals surface area contributed by atoms with E-state index in [4.69, 9.17) is 37.4 Å². The van der Waals surface area contributed by atoms with Crippen LogP contribution in [0, 0.1) is 29.6 Å². The molecule has 0 radical (unpaired) electrons. The molecule has 4 amide bonds. The van der Waals surface area contributed by atoms with Crippen molar-refractivity contribution in [3.8, 4) is 17.2 Å². The van der Waals surface area contributed by atoms with Crippen molar-refractivity contribution in [2.45, 2.75) is 24.7 Å². The van der Waals surface area contributed by atoms with Crippen molar-refractivity contribution in [3.63, 3.8) is 0 Å². The molecule has 6 aliphatic rings. The molecule has 12 nitrogen and oxygen atoms in total. The van der Waals surface area contributed by atoms with Crippen LogP contribution in [0.5, 0.6) is 17.2 Å². The molecule has 4 fully saturated rings. The fraction of sp³-hybridized carbons (Fsp3) is 0.304. The lowest BCUT2D eigenvalue weighted by molar-refractivity contribution is -0.139. The summed E-state index contributed by atoms with van der Waals surface area (Å²) >= 11 is 12.8. The zero-order chi connectivity index (χ0) is 41.4. The number of nitrogens with zero attached hydrogens (tertiary/aromatic N) is 3. The summed E-state index contributed by atoms with van der Waals surface area (Å²) in [4.78, 5) is 63.5. The van der Waals surface area contributed by atoms with Crippen molar-refractivity contribution in [3.05, 3.63) is 130 Å². The number of imide groups is 2. The van der Waals surface area contributed by atoms with Crippen molar-refractivity contribution in [2.75, 3.05) is 48.6 Å². The highest BCUT2D eigenvalue weighted by Crippen LogP contribution is 2.63. The molecule has 0 aromatic heterocycles. The van der Waals surface area contributed by atoms with E-state index in [1.54, 1.807) is 55.8 Å². The minimum atomic E-state index is -1.55. The number of rotatable bonds is 7. The molecule has 4 aromatic carbocycles. The Bertz CT molecular complexity index is 2520. The van der Waals surface area contributed by atoms with Crippen LogP contribution in [0.1, 0.15) is 24.0 Å². The lowest BCUT2D eigenvalue weighted by Gasteiger charge is -2.51. The molecule has 6 atom stereocenters. The quantitative estimate of drug-likeness (QED) is 0.147. The van der Waals surface area contributed by atoms with E-state index in [2.05, 4.69) is 10.3 Å². The zero-order valence-corrected chi connectivity index (χ0v) is 34.0. The van der Waals surface area contributed by atoms with E-state index in [1.165, 1.54) is 11.0 Å². The number of phenolic OH excluding ortho intramolecular Hbond substituents is 1. The van der Waals surface area contributed by atoms with Gasteiger partial charge in [-0.3, -0.25) is 29.5 Å². The molecule has 14 heteroatoms. The lowest BCUT2D eigenvalue weighted by atomic mass is 9.48. The summed E-state index contributed by atoms with van der Waals surface area (Å²) in [7, 11) is 1.55. The van der Waals surface area contributed by atoms with Crippen LogP contribution in [0.15, 0.2) is 108 Å². The number of methoxy groups -OCH3 is 1. The van der Waals surface area contributed by atoms with Gasteiger partial charge in [0.1, 0.15) is 17.2 Å². The third kappa shape index (κ3) is 5.90. The number of hydrogen-bond acceptors (Lipinski definition) is 10. The predicted octanol–water partition coefficient (Wildman–Crippen LogP) is 7.09. The second-order valence-electron chi connectivity index (χ2n) is 16.1. The topological polar surface area (TPSA) is 138 Å². The minimum Gasteiger partial charge on any atom is -0.508 e. The van der Waals surface area contributed by atoms with Gasteiger partial charge < -0.3 is 24.2 Å². The first-order valence-corrected chi connectivity index (χ1v) is 20.8. The van der Waals surface area contributed by atoms with Crippen molar-refractivity contribution >= 4 is 63.9 Å². The summed E-state index contributed by atoms with van der Waals surface area (Å²) in [5, 5.41) is 12.2. The maximum absolute atomic E-state index is 15.6. The molecule has 4 aliphatic heterocycles. The molecule has 6 unspecified atom stereocenters. The fourth-order valence-electron chi connectivity index (χ4n) is 10.5. The second-order valence-corrected chi connectivity index (χ2v) is 17.0. The molecular formula is C46H40Cl2N4O8. The molecular weight excluding hydrogens is 807 g/mol. The Balaban J connectivity index is 1.10. The first kappa shape index (κ1) is 38.4. The number of phenols is 1. The summed E-state index contributed by atoms with van der Waals surface area (Å²) in [6.07, 6.45) is 4.30. The number of hydrogen-bond donors (Lipinski definition) is 2. The Labute approximate surface area is 355 Å². The van der Waals surface area contributed by atoms with Crippen LogP contribution in [0.25, 0.3) is 0 Å². The van der Waals surface area contributed by atoms with Gasteiger partial charge in [-0.2, -0.15) is 5.01 Å². The first-order chi connectivity index (χ1) is 29.1. The van der Waals surface area contributed by atoms with E-state index in [0.29, 0.717) is 57.8 Å². The number of benzene rings is 4. The summed E-state index contributed by atoms with van der Waals surface area (Å²) < 4.78 is 17.3. The molecule has 60 heavy (non-hydrogen) atoms. The molecule has 4 heterocycles. The number of aromatic hydroxyl groups is 1. The Morgan fingerprint density at radius 2 is 1.60 bits per heavy atom. The SMILES string of the molecule is COc1ccc(C23C(=O)N(Nc4ccc(Cl)cc4Cl)C(=O)C2CC2C(=CCC4C(=O)N(c5ccc(N6CCOCC6)cc5)C(=O)C42)C3C2=COc3ccc(O)cc3C2)cc1. The molecule has 1 saturated carbocycles. The Hall–Kier alpha value is -5.82. The number of hydrazine groups is 1. The van der Waals surface area contributed by atoms with Crippen molar-refractivity contribution < 1.29 is 38.5 Å². The van der Waals surface area contributed by atoms with Gasteiger partial charge in [-0.25, -0.2) is 0 Å². The summed E-state index contributed by atoms with van der Waals surface area (Å²) in [5.74, 6) is -4.31. The molecule has 2 aliphatic carbocycles. The van der Waals surface area contributed by atoms with Gasteiger partial charge in [-0.05, 0) is 103 Å². The highest BCUT2D eigenvalue weighted by Gasteiger charge is 2.71. The highest BCUT2D eigenvalue weighted by molar-refractivity contribution is 6.36. The van der Waals surface area contributed by atoms with Crippen LogP contribution >= 0.6 is 23.2 Å². The van der Waals surface area contributed by atoms with Gasteiger partial charge in [-0.15, -0.1) is 0 Å². The van der Waals surface area contributed by atoms with Gasteiger partial charge in [-0.1, -0.05) is 47.0 Å². The van der Waals surface area contributed by atoms with Crippen molar-refractivity contribution in [1.82, 2.24) is 5.01 Å². The fourth-order valence-corrected chi connectivity index (χ4v) is 11.0. The second kappa shape index (κ2) is 14.7. The molecule has 306 valence electrons.